The summed E-state index contributed by atoms with van der Waals surface area (Å²) in [6, 6.07) is 0. The van der Waals surface area contributed by atoms with Gasteiger partial charge in [-0.1, -0.05) is 27.7 Å². The molecular weight excluding hydrogens is 909 g/mol. The summed E-state index contributed by atoms with van der Waals surface area (Å²) in [4.78, 5) is 60.5. The third kappa shape index (κ3) is 11.7. The van der Waals surface area contributed by atoms with Gasteiger partial charge in [0.05, 0.1) is 33.2 Å². The van der Waals surface area contributed by atoms with Crippen LogP contribution >= 0.6 is 0 Å². The molecule has 1 heterocycles. The molecule has 7 unspecified atom stereocenters. The van der Waals surface area contributed by atoms with Crippen LogP contribution in [0, 0.1) is 80.3 Å². The number of fused-ring (bicyclic) bond motifs is 1. The van der Waals surface area contributed by atoms with Gasteiger partial charge in [0.15, 0.2) is 0 Å². The van der Waals surface area contributed by atoms with Crippen molar-refractivity contribution in [3.05, 3.63) is 0 Å². The van der Waals surface area contributed by atoms with Crippen LogP contribution in [0.1, 0.15) is 239 Å². The van der Waals surface area contributed by atoms with Crippen molar-refractivity contribution in [3.63, 3.8) is 0 Å². The van der Waals surface area contributed by atoms with Gasteiger partial charge in [0, 0.05) is 23.7 Å². The molecule has 0 aromatic rings. The Bertz CT molecular complexity index is 1970. The molecule has 0 aromatic carbocycles. The Labute approximate surface area is 435 Å². The van der Waals surface area contributed by atoms with Crippen molar-refractivity contribution in [3.8, 4) is 0 Å². The standard InChI is InChI=1S/C19H32O2.C16H26O3.C14H20O4.C12H22O2/c1-6-17(2,3)16(20)21-18(4,5)19-10-13-7-14(11-19)9-15(8-13)12-19;1-4-14(2,3)13(17)19-16-8-11-5-12(9-16)7-15(18,6-11)10-16;1-4-14(2,3)13(16)18-10-7-5-8-9(6-7)12(15)17-11(8)10;1-6-11(2,3)10(13)14-12(4,5)9-7-8-9/h13-15H,6-12H2,1-5H3;11-12,18H,4-10H2,1-3H3;7-11H,4-6H2,1-3H3;9H,6-8H2,1-5H3. The summed E-state index contributed by atoms with van der Waals surface area (Å²) in [5.74, 6) is 4.69. The van der Waals surface area contributed by atoms with E-state index in [1.54, 1.807) is 0 Å². The lowest BCUT2D eigenvalue weighted by molar-refractivity contribution is -0.225. The molecular formula is C61H100O11. The second-order valence-corrected chi connectivity index (χ2v) is 29.3. The molecule has 1 saturated heterocycles. The molecule has 0 radical (unpaired) electrons. The van der Waals surface area contributed by atoms with Gasteiger partial charge in [0.1, 0.15) is 29.0 Å². The Hall–Kier alpha value is -2.69. The molecule has 1 N–H and O–H groups in total. The van der Waals surface area contributed by atoms with E-state index in [1.165, 1.54) is 57.8 Å². The lowest BCUT2D eigenvalue weighted by Crippen LogP contribution is -2.61. The summed E-state index contributed by atoms with van der Waals surface area (Å²) < 4.78 is 28.7. The summed E-state index contributed by atoms with van der Waals surface area (Å²) >= 11 is 0. The maximum Gasteiger partial charge on any atom is 0.312 e. The minimum Gasteiger partial charge on any atom is -0.459 e. The Balaban J connectivity index is 0.000000142. The van der Waals surface area contributed by atoms with Crippen LogP contribution in [0.2, 0.25) is 0 Å². The monoisotopic (exact) mass is 1010 g/mol. The highest BCUT2D eigenvalue weighted by molar-refractivity contribution is 5.79. The van der Waals surface area contributed by atoms with Gasteiger partial charge in [0.25, 0.3) is 0 Å². The topological polar surface area (TPSA) is 152 Å². The quantitative estimate of drug-likeness (QED) is 0.131. The maximum atomic E-state index is 12.6. The molecule has 0 spiro atoms. The highest BCUT2D eigenvalue weighted by Crippen LogP contribution is 2.65. The van der Waals surface area contributed by atoms with Crippen LogP contribution in [0.25, 0.3) is 0 Å². The summed E-state index contributed by atoms with van der Waals surface area (Å²) in [5, 5.41) is 10.6. The highest BCUT2D eigenvalue weighted by Gasteiger charge is 2.64. The van der Waals surface area contributed by atoms with Crippen LogP contribution in [-0.4, -0.2) is 69.6 Å². The van der Waals surface area contributed by atoms with Crippen molar-refractivity contribution in [1.82, 2.24) is 0 Å². The summed E-state index contributed by atoms with van der Waals surface area (Å²) in [5.41, 5.74) is -2.80. The molecule has 7 atom stereocenters. The van der Waals surface area contributed by atoms with Crippen molar-refractivity contribution in [2.75, 3.05) is 0 Å². The Kier molecular flexibility index (Phi) is 15.9. The molecule has 0 amide bonds. The van der Waals surface area contributed by atoms with Gasteiger partial charge >= 0.3 is 29.8 Å². The van der Waals surface area contributed by atoms with E-state index in [9.17, 15) is 29.1 Å². The molecule has 12 aliphatic rings. The number of ether oxygens (including phenoxy) is 5. The zero-order chi connectivity index (χ0) is 53.4. The number of aliphatic hydroxyl groups is 1. The van der Waals surface area contributed by atoms with Crippen LogP contribution in [0.15, 0.2) is 0 Å². The zero-order valence-corrected chi connectivity index (χ0v) is 48.0. The molecule has 72 heavy (non-hydrogen) atoms. The third-order valence-electron chi connectivity index (χ3n) is 21.3. The van der Waals surface area contributed by atoms with E-state index < -0.39 is 16.4 Å². The van der Waals surface area contributed by atoms with Gasteiger partial charge in [-0.15, -0.1) is 0 Å². The highest BCUT2D eigenvalue weighted by atomic mass is 16.6. The van der Waals surface area contributed by atoms with E-state index in [4.69, 9.17) is 23.7 Å². The number of carbonyl (C=O) groups excluding carboxylic acids is 5. The van der Waals surface area contributed by atoms with Gasteiger partial charge < -0.3 is 28.8 Å². The first-order chi connectivity index (χ1) is 33.2. The van der Waals surface area contributed by atoms with Gasteiger partial charge in [0.2, 0.25) is 0 Å². The van der Waals surface area contributed by atoms with Crippen molar-refractivity contribution in [2.24, 2.45) is 80.3 Å². The molecule has 11 aliphatic carbocycles. The van der Waals surface area contributed by atoms with E-state index in [0.29, 0.717) is 36.0 Å². The molecule has 11 nitrogen and oxygen atoms in total. The van der Waals surface area contributed by atoms with Gasteiger partial charge in [-0.25, -0.2) is 0 Å². The van der Waals surface area contributed by atoms with Crippen LogP contribution in [-0.2, 0) is 47.7 Å². The number of hydrogen-bond acceptors (Lipinski definition) is 11. The van der Waals surface area contributed by atoms with Crippen molar-refractivity contribution >= 4 is 29.8 Å². The minimum absolute atomic E-state index is 0.00857. The predicted molar refractivity (Wildman–Crippen MR) is 278 cm³/mol. The van der Waals surface area contributed by atoms with Gasteiger partial charge in [-0.3, -0.25) is 24.0 Å². The van der Waals surface area contributed by atoms with Crippen LogP contribution in [0.3, 0.4) is 0 Å². The van der Waals surface area contributed by atoms with Crippen LogP contribution < -0.4 is 0 Å². The average Bonchev–Trinajstić information content (AvgIpc) is 3.93. The molecule has 410 valence electrons. The van der Waals surface area contributed by atoms with Gasteiger partial charge in [-0.2, -0.15) is 0 Å². The first-order valence-corrected chi connectivity index (χ1v) is 29.0. The second kappa shape index (κ2) is 20.0. The largest absolute Gasteiger partial charge is 0.459 e. The smallest absolute Gasteiger partial charge is 0.312 e. The Morgan fingerprint density at radius 3 is 1.47 bits per heavy atom. The number of carbonyl (C=O) groups is 5. The normalized spacial score (nSPS) is 36.8. The fourth-order valence-electron chi connectivity index (χ4n) is 15.1. The average molecular weight is 1010 g/mol. The minimum atomic E-state index is -0.555. The maximum absolute atomic E-state index is 12.6. The predicted octanol–water partition coefficient (Wildman–Crippen LogP) is 13.1. The summed E-state index contributed by atoms with van der Waals surface area (Å²) in [6.07, 6.45) is 20.9. The molecule has 11 heteroatoms. The fraction of sp³-hybridized carbons (Fsp3) is 0.918. The van der Waals surface area contributed by atoms with E-state index in [1.807, 2.05) is 90.0 Å². The number of esters is 5. The number of hydrogen-bond donors (Lipinski definition) is 1. The van der Waals surface area contributed by atoms with E-state index >= 15 is 0 Å². The second-order valence-electron chi connectivity index (χ2n) is 29.3. The number of rotatable bonds is 14. The van der Waals surface area contributed by atoms with Crippen molar-refractivity contribution in [1.29, 1.82) is 0 Å². The lowest BCUT2D eigenvalue weighted by atomic mass is 9.46. The summed E-state index contributed by atoms with van der Waals surface area (Å²) in [6.45, 7) is 32.1. The van der Waals surface area contributed by atoms with Crippen LogP contribution in [0.4, 0.5) is 0 Å². The molecule has 12 rings (SSSR count). The lowest BCUT2D eigenvalue weighted by Gasteiger charge is -2.61. The first kappa shape index (κ1) is 57.0. The summed E-state index contributed by atoms with van der Waals surface area (Å²) in [7, 11) is 0. The van der Waals surface area contributed by atoms with E-state index in [2.05, 4.69) is 20.8 Å². The van der Waals surface area contributed by atoms with Gasteiger partial charge in [-0.05, 0) is 241 Å². The Morgan fingerprint density at radius 2 is 1.01 bits per heavy atom. The molecule has 12 fully saturated rings. The molecule has 1 aliphatic heterocycles. The molecule has 10 bridgehead atoms. The van der Waals surface area contributed by atoms with Crippen molar-refractivity contribution in [2.45, 2.75) is 274 Å². The SMILES string of the molecule is CCC(C)(C)C(=O)OC(C)(C)C12CC3CC(CC(C3)C1)C2.CCC(C)(C)C(=O)OC(C)(C)C1CC1.CCC(C)(C)C(=O)OC12CC3CC(CC(O)(C3)C1)C2.CCC(C)(C)C(=O)OC1C2CC3C(=O)OC1C3C2. The van der Waals surface area contributed by atoms with E-state index in [0.717, 1.165) is 82.0 Å². The molecule has 0 aromatic heterocycles. The first-order valence-electron chi connectivity index (χ1n) is 29.0. The Morgan fingerprint density at radius 1 is 0.569 bits per heavy atom. The van der Waals surface area contributed by atoms with Crippen molar-refractivity contribution < 1.29 is 52.8 Å². The van der Waals surface area contributed by atoms with Crippen LogP contribution in [0.5, 0.6) is 0 Å². The fourth-order valence-corrected chi connectivity index (χ4v) is 15.1. The zero-order valence-electron chi connectivity index (χ0n) is 48.0. The third-order valence-corrected chi connectivity index (χ3v) is 21.3. The van der Waals surface area contributed by atoms with E-state index in [-0.39, 0.29) is 81.0 Å². The molecule has 11 saturated carbocycles.